The highest BCUT2D eigenvalue weighted by Crippen LogP contribution is 2.34. The second kappa shape index (κ2) is 13.3. The fourth-order valence-corrected chi connectivity index (χ4v) is 8.00. The summed E-state index contributed by atoms with van der Waals surface area (Å²) in [5.74, 6) is 5.22. The van der Waals surface area contributed by atoms with Gasteiger partial charge in [-0.1, -0.05) is 36.1 Å². The van der Waals surface area contributed by atoms with Crippen LogP contribution in [0.2, 0.25) is 0 Å². The fourth-order valence-electron chi connectivity index (χ4n) is 5.55. The van der Waals surface area contributed by atoms with E-state index in [0.29, 0.717) is 6.42 Å². The number of methoxy groups -OCH3 is 1. The molecule has 12 heteroatoms. The molecule has 3 aromatic carbocycles. The number of likely N-dealkylation sites (tertiary alicyclic amines) is 1. The highest BCUT2D eigenvalue weighted by Gasteiger charge is 2.32. The van der Waals surface area contributed by atoms with Crippen molar-refractivity contribution in [3.8, 4) is 22.4 Å². The van der Waals surface area contributed by atoms with Gasteiger partial charge in [-0.3, -0.25) is 19.3 Å². The van der Waals surface area contributed by atoms with Crippen LogP contribution in [-0.2, 0) is 25.9 Å². The number of hydrogen-bond acceptors (Lipinski definition) is 9. The molecular formula is C34H30N4O6S2. The Bertz CT molecular complexity index is 1990. The Hall–Kier alpha value is -4.83. The Balaban J connectivity index is 1.05. The van der Waals surface area contributed by atoms with Gasteiger partial charge in [-0.15, -0.1) is 11.3 Å². The average molecular weight is 655 g/mol. The number of anilines is 1. The number of rotatable bonds is 7. The van der Waals surface area contributed by atoms with Gasteiger partial charge in [-0.25, -0.2) is 13.4 Å². The maximum atomic E-state index is 13.2. The van der Waals surface area contributed by atoms with Gasteiger partial charge in [0.25, 0.3) is 11.8 Å². The zero-order chi connectivity index (χ0) is 32.3. The van der Waals surface area contributed by atoms with Gasteiger partial charge in [-0.2, -0.15) is 0 Å². The first-order chi connectivity index (χ1) is 22.2. The van der Waals surface area contributed by atoms with Gasteiger partial charge in [0.15, 0.2) is 0 Å². The molecule has 0 aliphatic carbocycles. The molecule has 2 aliphatic heterocycles. The Morgan fingerprint density at radius 1 is 1.11 bits per heavy atom. The molecule has 2 aliphatic rings. The minimum atomic E-state index is -3.95. The number of nitrogens with one attached hydrogen (secondary N) is 2. The van der Waals surface area contributed by atoms with Crippen LogP contribution in [0.15, 0.2) is 82.7 Å². The molecule has 10 nitrogen and oxygen atoms in total. The van der Waals surface area contributed by atoms with Crippen LogP contribution in [0.4, 0.5) is 5.69 Å². The molecule has 0 unspecified atom stereocenters. The standard InChI is InChI=1S/C34H30N4O6S2/c1-44-34(41)28-9-6-18-38(28)17-5-4-7-22-11-13-23(14-12-22)33-36-21-25(45-33)20-35-31(39)24-15-16-30-27(19-24)37-32(40)26-8-2-3-10-29(26)46(30,42)43/h2-3,8,10-16,19,21,28H,5-6,9,17-18,20H2,1H3,(H,35,39)(H,37,40)/t28-/m0/s1. The third-order valence-corrected chi connectivity index (χ3v) is 10.8. The molecule has 2 amide bonds. The Labute approximate surface area is 270 Å². The number of carbonyl (C=O) groups is 3. The summed E-state index contributed by atoms with van der Waals surface area (Å²) in [6.07, 6.45) is 4.17. The zero-order valence-electron chi connectivity index (χ0n) is 24.9. The van der Waals surface area contributed by atoms with Crippen molar-refractivity contribution in [2.75, 3.05) is 25.5 Å². The van der Waals surface area contributed by atoms with Crippen molar-refractivity contribution in [1.29, 1.82) is 0 Å². The number of aromatic nitrogens is 1. The first-order valence-electron chi connectivity index (χ1n) is 14.7. The summed E-state index contributed by atoms with van der Waals surface area (Å²) in [6.45, 7) is 1.83. The quantitative estimate of drug-likeness (QED) is 0.220. The molecule has 6 rings (SSSR count). The predicted molar refractivity (Wildman–Crippen MR) is 173 cm³/mol. The number of hydrogen-bond donors (Lipinski definition) is 2. The van der Waals surface area contributed by atoms with Gasteiger partial charge in [0.05, 0.1) is 34.7 Å². The summed E-state index contributed by atoms with van der Waals surface area (Å²) in [4.78, 5) is 44.9. The molecule has 1 saturated heterocycles. The minimum Gasteiger partial charge on any atom is -0.468 e. The smallest absolute Gasteiger partial charge is 0.323 e. The van der Waals surface area contributed by atoms with Gasteiger partial charge in [0.1, 0.15) is 11.0 Å². The van der Waals surface area contributed by atoms with E-state index in [9.17, 15) is 22.8 Å². The summed E-state index contributed by atoms with van der Waals surface area (Å²) in [5, 5.41) is 6.27. The minimum absolute atomic E-state index is 0.0533. The van der Waals surface area contributed by atoms with Crippen LogP contribution in [0, 0.1) is 11.8 Å². The Morgan fingerprint density at radius 2 is 1.91 bits per heavy atom. The molecule has 4 aromatic rings. The third-order valence-electron chi connectivity index (χ3n) is 7.90. The number of carbonyl (C=O) groups excluding carboxylic acids is 3. The van der Waals surface area contributed by atoms with Crippen molar-refractivity contribution >= 4 is 44.6 Å². The maximum Gasteiger partial charge on any atom is 0.323 e. The van der Waals surface area contributed by atoms with E-state index in [2.05, 4.69) is 32.4 Å². The van der Waals surface area contributed by atoms with Crippen LogP contribution in [-0.4, -0.2) is 62.3 Å². The summed E-state index contributed by atoms with van der Waals surface area (Å²) in [6, 6.07) is 17.8. The second-order valence-electron chi connectivity index (χ2n) is 10.8. The fraction of sp³-hybridized carbons (Fsp3) is 0.235. The van der Waals surface area contributed by atoms with Crippen molar-refractivity contribution in [2.45, 2.75) is 41.6 Å². The molecule has 0 radical (unpaired) electrons. The third kappa shape index (κ3) is 6.44. The van der Waals surface area contributed by atoms with E-state index in [1.54, 1.807) is 18.3 Å². The second-order valence-corrected chi connectivity index (χ2v) is 13.8. The van der Waals surface area contributed by atoms with Gasteiger partial charge in [0, 0.05) is 40.7 Å². The molecule has 234 valence electrons. The van der Waals surface area contributed by atoms with Crippen LogP contribution in [0.1, 0.15) is 50.4 Å². The monoisotopic (exact) mass is 654 g/mol. The lowest BCUT2D eigenvalue weighted by Crippen LogP contribution is -2.37. The van der Waals surface area contributed by atoms with E-state index in [4.69, 9.17) is 4.74 Å². The number of esters is 1. The van der Waals surface area contributed by atoms with Crippen molar-refractivity contribution in [3.05, 3.63) is 94.5 Å². The molecule has 0 bridgehead atoms. The lowest BCUT2D eigenvalue weighted by molar-refractivity contribution is -0.145. The molecular weight excluding hydrogens is 625 g/mol. The van der Waals surface area contributed by atoms with Crippen LogP contribution in [0.5, 0.6) is 0 Å². The van der Waals surface area contributed by atoms with E-state index in [0.717, 1.165) is 46.9 Å². The number of ether oxygens (including phenoxy) is 1. The first kappa shape index (κ1) is 31.2. The summed E-state index contributed by atoms with van der Waals surface area (Å²) in [7, 11) is -2.53. The van der Waals surface area contributed by atoms with E-state index in [1.165, 1.54) is 48.8 Å². The molecule has 2 N–H and O–H groups in total. The zero-order valence-corrected chi connectivity index (χ0v) is 26.5. The molecule has 0 spiro atoms. The van der Waals surface area contributed by atoms with Crippen LogP contribution in [0.25, 0.3) is 10.6 Å². The molecule has 0 saturated carbocycles. The first-order valence-corrected chi connectivity index (χ1v) is 17.0. The maximum absolute atomic E-state index is 13.2. The van der Waals surface area contributed by atoms with E-state index >= 15 is 0 Å². The number of sulfone groups is 1. The molecule has 1 aromatic heterocycles. The number of amides is 2. The van der Waals surface area contributed by atoms with Crippen molar-refractivity contribution in [1.82, 2.24) is 15.2 Å². The normalized spacial score (nSPS) is 16.6. The van der Waals surface area contributed by atoms with Gasteiger partial charge in [-0.05, 0) is 61.9 Å². The molecule has 1 atom stereocenters. The van der Waals surface area contributed by atoms with Crippen molar-refractivity contribution < 1.29 is 27.5 Å². The average Bonchev–Trinajstić information content (AvgIpc) is 3.74. The Kier molecular flexibility index (Phi) is 8.99. The van der Waals surface area contributed by atoms with Crippen LogP contribution < -0.4 is 10.6 Å². The van der Waals surface area contributed by atoms with Crippen LogP contribution >= 0.6 is 11.3 Å². The largest absolute Gasteiger partial charge is 0.468 e. The number of thiazole rings is 1. The number of nitrogens with zero attached hydrogens (tertiary/aromatic N) is 2. The van der Waals surface area contributed by atoms with Gasteiger partial charge >= 0.3 is 5.97 Å². The topological polar surface area (TPSA) is 135 Å². The van der Waals surface area contributed by atoms with Crippen LogP contribution in [0.3, 0.4) is 0 Å². The molecule has 3 heterocycles. The van der Waals surface area contributed by atoms with Crippen molar-refractivity contribution in [2.24, 2.45) is 0 Å². The van der Waals surface area contributed by atoms with Gasteiger partial charge in [0.2, 0.25) is 9.84 Å². The lowest BCUT2D eigenvalue weighted by atomic mass is 10.1. The highest BCUT2D eigenvalue weighted by atomic mass is 32.2. The number of fused-ring (bicyclic) bond motifs is 2. The van der Waals surface area contributed by atoms with E-state index < -0.39 is 21.7 Å². The van der Waals surface area contributed by atoms with E-state index in [1.807, 2.05) is 24.3 Å². The molecule has 46 heavy (non-hydrogen) atoms. The predicted octanol–water partition coefficient (Wildman–Crippen LogP) is 4.52. The van der Waals surface area contributed by atoms with Gasteiger partial charge < -0.3 is 15.4 Å². The molecule has 1 fully saturated rings. The summed E-state index contributed by atoms with van der Waals surface area (Å²) in [5.41, 5.74) is 2.13. The number of benzene rings is 3. The highest BCUT2D eigenvalue weighted by molar-refractivity contribution is 7.91. The van der Waals surface area contributed by atoms with E-state index in [-0.39, 0.29) is 45.2 Å². The summed E-state index contributed by atoms with van der Waals surface area (Å²) < 4.78 is 31.3. The van der Waals surface area contributed by atoms with Crippen molar-refractivity contribution in [3.63, 3.8) is 0 Å². The lowest BCUT2D eigenvalue weighted by Gasteiger charge is -2.20. The Morgan fingerprint density at radius 3 is 2.72 bits per heavy atom. The summed E-state index contributed by atoms with van der Waals surface area (Å²) >= 11 is 1.45. The SMILES string of the molecule is COC(=O)[C@@H]1CCCN1CCC#Cc1ccc(-c2ncc(CNC(=O)c3ccc4c(c3)NC(=O)c3ccccc3S4(=O)=O)s2)cc1.